The first-order chi connectivity index (χ1) is 16.7. The maximum Gasteiger partial charge on any atom is 0.254 e. The van der Waals surface area contributed by atoms with E-state index in [9.17, 15) is 24.6 Å². The van der Waals surface area contributed by atoms with Crippen molar-refractivity contribution in [1.82, 2.24) is 10.2 Å². The number of likely N-dealkylation sites (N-methyl/N-ethyl adjacent to an activating group) is 2. The Kier molecular flexibility index (Phi) is 10.1. The van der Waals surface area contributed by atoms with Gasteiger partial charge in [-0.05, 0) is 48.9 Å². The van der Waals surface area contributed by atoms with Gasteiger partial charge in [0.1, 0.15) is 12.7 Å². The van der Waals surface area contributed by atoms with Gasteiger partial charge in [-0.3, -0.25) is 14.4 Å². The summed E-state index contributed by atoms with van der Waals surface area (Å²) in [6.07, 6.45) is -0.801. The number of carbonyl (C=O) groups excluding carboxylic acids is 3. The molecule has 2 amide bonds. The van der Waals surface area contributed by atoms with Crippen LogP contribution in [0.3, 0.4) is 0 Å². The number of aliphatic hydroxyl groups excluding tert-OH is 3. The lowest BCUT2D eigenvalue weighted by atomic mass is 9.92. The van der Waals surface area contributed by atoms with Crippen molar-refractivity contribution in [3.63, 3.8) is 0 Å². The number of benzene rings is 2. The Bertz CT molecular complexity index is 1070. The number of nitrogens with one attached hydrogen (secondary N) is 1. The Morgan fingerprint density at radius 2 is 1.57 bits per heavy atom. The van der Waals surface area contributed by atoms with E-state index in [-0.39, 0.29) is 25.4 Å². The van der Waals surface area contributed by atoms with Crippen LogP contribution in [0.1, 0.15) is 40.1 Å². The van der Waals surface area contributed by atoms with Crippen molar-refractivity contribution in [2.45, 2.75) is 18.6 Å². The molecule has 0 spiro atoms. The molecule has 2 aromatic rings. The number of carbonyl (C=O) groups is 3. The Labute approximate surface area is 204 Å². The van der Waals surface area contributed by atoms with E-state index in [2.05, 4.69) is 17.2 Å². The van der Waals surface area contributed by atoms with Crippen LogP contribution in [0.5, 0.6) is 0 Å². The smallest absolute Gasteiger partial charge is 0.254 e. The molecule has 1 unspecified atom stereocenters. The van der Waals surface area contributed by atoms with E-state index in [1.54, 1.807) is 48.5 Å². The highest BCUT2D eigenvalue weighted by atomic mass is 16.5. The first-order valence-electron chi connectivity index (χ1n) is 10.9. The lowest BCUT2D eigenvalue weighted by Gasteiger charge is -2.35. The Morgan fingerprint density at radius 3 is 2.06 bits per heavy atom. The zero-order chi connectivity index (χ0) is 26.0. The van der Waals surface area contributed by atoms with Crippen molar-refractivity contribution >= 4 is 17.6 Å². The Hall–Kier alpha value is -3.55. The normalized spacial score (nSPS) is 13.1. The van der Waals surface area contributed by atoms with Crippen molar-refractivity contribution in [3.05, 3.63) is 70.8 Å². The van der Waals surface area contributed by atoms with Gasteiger partial charge in [-0.2, -0.15) is 0 Å². The molecule has 0 radical (unpaired) electrons. The third-order valence-corrected chi connectivity index (χ3v) is 5.62. The second kappa shape index (κ2) is 12.8. The molecule has 0 aliphatic heterocycles. The van der Waals surface area contributed by atoms with Gasteiger partial charge in [-0.1, -0.05) is 24.0 Å². The molecule has 0 saturated heterocycles. The highest BCUT2D eigenvalue weighted by Crippen LogP contribution is 2.19. The van der Waals surface area contributed by atoms with Gasteiger partial charge < -0.3 is 30.3 Å². The highest BCUT2D eigenvalue weighted by Gasteiger charge is 2.46. The number of aliphatic hydroxyl groups is 3. The number of hydrogen-bond acceptors (Lipinski definition) is 7. The Morgan fingerprint density at radius 1 is 1.03 bits per heavy atom. The number of hydrogen-bond donors (Lipinski definition) is 4. The number of Topliss-reactive ketones (excluding diaryl/α,β-unsaturated/α-hetero) is 1. The summed E-state index contributed by atoms with van der Waals surface area (Å²) in [4.78, 5) is 38.5. The molecule has 9 heteroatoms. The van der Waals surface area contributed by atoms with Gasteiger partial charge >= 0.3 is 0 Å². The summed E-state index contributed by atoms with van der Waals surface area (Å²) in [6.45, 7) is 0.547. The SMILES string of the molecule is CNC(=O)[C@@](C)(C(=O)CO)N(C)C(=O)c1ccc(C#Cc2ccc(C(O)COCCO)cc2)cc1. The topological polar surface area (TPSA) is 136 Å². The number of ketones is 1. The molecule has 2 rings (SSSR count). The van der Waals surface area contributed by atoms with Gasteiger partial charge in [0.05, 0.1) is 19.8 Å². The molecule has 2 atom stereocenters. The first kappa shape index (κ1) is 27.7. The molecule has 0 aromatic heterocycles. The van der Waals surface area contributed by atoms with Gasteiger partial charge in [0.2, 0.25) is 0 Å². The lowest BCUT2D eigenvalue weighted by Crippen LogP contribution is -2.62. The monoisotopic (exact) mass is 482 g/mol. The number of amides is 2. The van der Waals surface area contributed by atoms with Crippen molar-refractivity contribution in [2.24, 2.45) is 0 Å². The summed E-state index contributed by atoms with van der Waals surface area (Å²) in [5.41, 5.74) is 0.431. The zero-order valence-corrected chi connectivity index (χ0v) is 19.9. The van der Waals surface area contributed by atoms with Crippen LogP contribution in [0.25, 0.3) is 0 Å². The molecule has 0 aliphatic rings. The third kappa shape index (κ3) is 6.74. The lowest BCUT2D eigenvalue weighted by molar-refractivity contribution is -0.143. The molecule has 0 bridgehead atoms. The van der Waals surface area contributed by atoms with Gasteiger partial charge in [0, 0.05) is 30.8 Å². The van der Waals surface area contributed by atoms with Crippen molar-refractivity contribution < 1.29 is 34.4 Å². The van der Waals surface area contributed by atoms with Crippen LogP contribution in [-0.2, 0) is 14.3 Å². The second-order valence-electron chi connectivity index (χ2n) is 7.86. The summed E-state index contributed by atoms with van der Waals surface area (Å²) in [7, 11) is 2.68. The molecule has 4 N–H and O–H groups in total. The van der Waals surface area contributed by atoms with Gasteiger partial charge in [-0.25, -0.2) is 0 Å². The van der Waals surface area contributed by atoms with Crippen LogP contribution in [0, 0.1) is 11.8 Å². The second-order valence-corrected chi connectivity index (χ2v) is 7.86. The summed E-state index contributed by atoms with van der Waals surface area (Å²) < 4.78 is 5.13. The molecule has 0 aliphatic carbocycles. The van der Waals surface area contributed by atoms with E-state index in [1.165, 1.54) is 21.0 Å². The molecular formula is C26H30N2O7. The Balaban J connectivity index is 2.12. The predicted octanol–water partition coefficient (Wildman–Crippen LogP) is 0.267. The number of rotatable bonds is 10. The van der Waals surface area contributed by atoms with Crippen molar-refractivity contribution in [2.75, 3.05) is 40.5 Å². The van der Waals surface area contributed by atoms with Crippen LogP contribution in [0.15, 0.2) is 48.5 Å². The van der Waals surface area contributed by atoms with Crippen molar-refractivity contribution in [1.29, 1.82) is 0 Å². The quantitative estimate of drug-likeness (QED) is 0.217. The van der Waals surface area contributed by atoms with E-state index in [4.69, 9.17) is 9.84 Å². The fourth-order valence-corrected chi connectivity index (χ4v) is 3.24. The van der Waals surface area contributed by atoms with E-state index in [0.717, 1.165) is 10.5 Å². The molecular weight excluding hydrogens is 452 g/mol. The molecule has 9 nitrogen and oxygen atoms in total. The van der Waals surface area contributed by atoms with E-state index in [1.807, 2.05) is 0 Å². The summed E-state index contributed by atoms with van der Waals surface area (Å²) in [5.74, 6) is 3.93. The average Bonchev–Trinajstić information content (AvgIpc) is 2.90. The van der Waals surface area contributed by atoms with Gasteiger partial charge in [-0.15, -0.1) is 0 Å². The van der Waals surface area contributed by atoms with Gasteiger partial charge in [0.15, 0.2) is 11.3 Å². The maximum absolute atomic E-state index is 12.9. The van der Waals surface area contributed by atoms with Crippen LogP contribution in [0.4, 0.5) is 0 Å². The molecule has 35 heavy (non-hydrogen) atoms. The van der Waals surface area contributed by atoms with E-state index >= 15 is 0 Å². The summed E-state index contributed by atoms with van der Waals surface area (Å²) in [6, 6.07) is 13.4. The molecule has 0 fully saturated rings. The van der Waals surface area contributed by atoms with Gasteiger partial charge in [0.25, 0.3) is 11.8 Å². The van der Waals surface area contributed by atoms with Crippen LogP contribution < -0.4 is 5.32 Å². The van der Waals surface area contributed by atoms with Crippen LogP contribution >= 0.6 is 0 Å². The molecule has 186 valence electrons. The molecule has 0 saturated carbocycles. The fraction of sp³-hybridized carbons (Fsp3) is 0.346. The zero-order valence-electron chi connectivity index (χ0n) is 19.9. The minimum Gasteiger partial charge on any atom is -0.394 e. The van der Waals surface area contributed by atoms with E-state index < -0.39 is 35.8 Å². The van der Waals surface area contributed by atoms with Crippen molar-refractivity contribution in [3.8, 4) is 11.8 Å². The average molecular weight is 483 g/mol. The minimum atomic E-state index is -1.86. The standard InChI is InChI=1S/C26H30N2O7/c1-26(23(32)16-30,25(34)27-2)28(3)24(33)21-12-8-19(9-13-21)5-4-18-6-10-20(11-7-18)22(31)17-35-15-14-29/h6-13,22,29-31H,14-17H2,1-3H3,(H,27,34)/t22?,26-/m1/s1. The number of nitrogens with zero attached hydrogens (tertiary/aromatic N) is 1. The summed E-state index contributed by atoms with van der Waals surface area (Å²) >= 11 is 0. The fourth-order valence-electron chi connectivity index (χ4n) is 3.24. The molecule has 0 heterocycles. The van der Waals surface area contributed by atoms with Crippen LogP contribution in [0.2, 0.25) is 0 Å². The first-order valence-corrected chi connectivity index (χ1v) is 10.9. The predicted molar refractivity (Wildman–Crippen MR) is 128 cm³/mol. The van der Waals surface area contributed by atoms with Crippen LogP contribution in [-0.4, -0.2) is 83.9 Å². The van der Waals surface area contributed by atoms with E-state index in [0.29, 0.717) is 11.1 Å². The summed E-state index contributed by atoms with van der Waals surface area (Å²) in [5, 5.41) is 30.4. The highest BCUT2D eigenvalue weighted by molar-refractivity contribution is 6.14. The maximum atomic E-state index is 12.9. The minimum absolute atomic E-state index is 0.0856. The largest absolute Gasteiger partial charge is 0.394 e. The third-order valence-electron chi connectivity index (χ3n) is 5.62. The molecule has 2 aromatic carbocycles. The number of ether oxygens (including phenoxy) is 1.